The van der Waals surface area contributed by atoms with E-state index in [0.29, 0.717) is 11.3 Å². The molecule has 0 aliphatic heterocycles. The van der Waals surface area contributed by atoms with Crippen LogP contribution in [0, 0.1) is 13.8 Å². The van der Waals surface area contributed by atoms with Crippen LogP contribution in [0.25, 0.3) is 10.8 Å². The van der Waals surface area contributed by atoms with E-state index in [4.69, 9.17) is 0 Å². The summed E-state index contributed by atoms with van der Waals surface area (Å²) >= 11 is 0. The van der Waals surface area contributed by atoms with Crippen LogP contribution in [0.5, 0.6) is 0 Å². The summed E-state index contributed by atoms with van der Waals surface area (Å²) < 4.78 is 0. The number of fused-ring (bicyclic) bond motifs is 1. The number of rotatable bonds is 4. The predicted octanol–water partition coefficient (Wildman–Crippen LogP) is 3.24. The van der Waals surface area contributed by atoms with Crippen molar-refractivity contribution in [3.05, 3.63) is 77.4 Å². The summed E-state index contributed by atoms with van der Waals surface area (Å²) in [7, 11) is 0. The maximum atomic E-state index is 12.1. The highest BCUT2D eigenvalue weighted by Gasteiger charge is 2.17. The van der Waals surface area contributed by atoms with Gasteiger partial charge in [0.25, 0.3) is 0 Å². The maximum absolute atomic E-state index is 12.1. The van der Waals surface area contributed by atoms with Gasteiger partial charge in [-0.3, -0.25) is 9.59 Å². The molecule has 3 aromatic carbocycles. The molecule has 1 unspecified atom stereocenters. The number of aryl methyl sites for hydroxylation is 2. The zero-order valence-corrected chi connectivity index (χ0v) is 15.3. The maximum Gasteiger partial charge on any atom is 0.313 e. The summed E-state index contributed by atoms with van der Waals surface area (Å²) in [6.07, 6.45) is -0.908. The molecule has 0 aliphatic rings. The molecule has 0 spiro atoms. The van der Waals surface area contributed by atoms with Crippen molar-refractivity contribution in [3.63, 3.8) is 0 Å². The number of aliphatic hydroxyl groups excluding tert-OH is 1. The summed E-state index contributed by atoms with van der Waals surface area (Å²) in [5.74, 6) is -1.54. The number of hydrogen-bond acceptors (Lipinski definition) is 3. The van der Waals surface area contributed by atoms with Crippen LogP contribution in [0.15, 0.2) is 60.7 Å². The first kappa shape index (κ1) is 18.6. The molecule has 138 valence electrons. The lowest BCUT2D eigenvalue weighted by atomic mass is 10.0. The number of carbonyl (C=O) groups excluding carboxylic acids is 2. The van der Waals surface area contributed by atoms with Crippen molar-refractivity contribution in [3.8, 4) is 0 Å². The molecule has 0 aromatic heterocycles. The highest BCUT2D eigenvalue weighted by atomic mass is 16.3. The molecule has 3 N–H and O–H groups in total. The molecule has 0 saturated heterocycles. The van der Waals surface area contributed by atoms with Crippen LogP contribution in [0.4, 0.5) is 5.69 Å². The Morgan fingerprint density at radius 2 is 1.70 bits per heavy atom. The monoisotopic (exact) mass is 362 g/mol. The van der Waals surface area contributed by atoms with E-state index in [1.165, 1.54) is 0 Å². The quantitative estimate of drug-likeness (QED) is 0.624. The highest BCUT2D eigenvalue weighted by Crippen LogP contribution is 2.23. The van der Waals surface area contributed by atoms with Crippen LogP contribution < -0.4 is 10.6 Å². The zero-order chi connectivity index (χ0) is 19.4. The van der Waals surface area contributed by atoms with Crippen LogP contribution in [-0.4, -0.2) is 23.5 Å². The van der Waals surface area contributed by atoms with E-state index >= 15 is 0 Å². The molecule has 3 rings (SSSR count). The van der Waals surface area contributed by atoms with E-state index in [2.05, 4.69) is 10.6 Å². The van der Waals surface area contributed by atoms with Crippen molar-refractivity contribution < 1.29 is 14.7 Å². The van der Waals surface area contributed by atoms with Crippen molar-refractivity contribution in [1.29, 1.82) is 0 Å². The van der Waals surface area contributed by atoms with Gasteiger partial charge in [0.15, 0.2) is 0 Å². The topological polar surface area (TPSA) is 78.4 Å². The molecule has 27 heavy (non-hydrogen) atoms. The third-order valence-corrected chi connectivity index (χ3v) is 4.47. The first-order chi connectivity index (χ1) is 13.0. The van der Waals surface area contributed by atoms with Crippen molar-refractivity contribution in [1.82, 2.24) is 5.32 Å². The molecule has 2 amide bonds. The second-order valence-corrected chi connectivity index (χ2v) is 6.57. The van der Waals surface area contributed by atoms with E-state index in [9.17, 15) is 14.7 Å². The molecular weight excluding hydrogens is 340 g/mol. The van der Waals surface area contributed by atoms with Gasteiger partial charge in [0.05, 0.1) is 6.10 Å². The Morgan fingerprint density at radius 3 is 2.48 bits per heavy atom. The molecule has 0 fully saturated rings. The van der Waals surface area contributed by atoms with Crippen molar-refractivity contribution in [2.24, 2.45) is 0 Å². The van der Waals surface area contributed by atoms with Crippen molar-refractivity contribution in [2.75, 3.05) is 11.9 Å². The summed E-state index contributed by atoms with van der Waals surface area (Å²) in [6.45, 7) is 3.78. The third kappa shape index (κ3) is 4.33. The fraction of sp³-hybridized carbons (Fsp3) is 0.182. The van der Waals surface area contributed by atoms with Gasteiger partial charge in [0.1, 0.15) is 0 Å². The van der Waals surface area contributed by atoms with Crippen LogP contribution in [-0.2, 0) is 9.59 Å². The molecule has 3 aromatic rings. The van der Waals surface area contributed by atoms with Gasteiger partial charge >= 0.3 is 11.8 Å². The lowest BCUT2D eigenvalue weighted by Crippen LogP contribution is -2.37. The smallest absolute Gasteiger partial charge is 0.313 e. The first-order valence-corrected chi connectivity index (χ1v) is 8.78. The lowest BCUT2D eigenvalue weighted by Gasteiger charge is -2.15. The number of hydrogen-bond donors (Lipinski definition) is 3. The molecule has 0 saturated carbocycles. The minimum Gasteiger partial charge on any atom is -0.387 e. The van der Waals surface area contributed by atoms with E-state index in [-0.39, 0.29) is 6.54 Å². The average Bonchev–Trinajstić information content (AvgIpc) is 2.67. The number of aliphatic hydroxyl groups is 1. The van der Waals surface area contributed by atoms with E-state index in [1.807, 2.05) is 68.4 Å². The van der Waals surface area contributed by atoms with Gasteiger partial charge in [-0.15, -0.1) is 0 Å². The molecule has 0 radical (unpaired) electrons. The lowest BCUT2D eigenvalue weighted by molar-refractivity contribution is -0.136. The Hall–Kier alpha value is -3.18. The number of benzene rings is 3. The largest absolute Gasteiger partial charge is 0.387 e. The van der Waals surface area contributed by atoms with Crippen LogP contribution in [0.2, 0.25) is 0 Å². The summed E-state index contributed by atoms with van der Waals surface area (Å²) in [4.78, 5) is 24.2. The molecule has 5 heteroatoms. The van der Waals surface area contributed by atoms with Crippen molar-refractivity contribution >= 4 is 28.3 Å². The Kier molecular flexibility index (Phi) is 5.52. The van der Waals surface area contributed by atoms with Crippen LogP contribution in [0.3, 0.4) is 0 Å². The number of carbonyl (C=O) groups is 2. The average molecular weight is 362 g/mol. The van der Waals surface area contributed by atoms with E-state index < -0.39 is 17.9 Å². The van der Waals surface area contributed by atoms with Gasteiger partial charge in [-0.2, -0.15) is 0 Å². The van der Waals surface area contributed by atoms with E-state index in [1.54, 1.807) is 6.07 Å². The second kappa shape index (κ2) is 8.01. The fourth-order valence-electron chi connectivity index (χ4n) is 3.05. The zero-order valence-electron chi connectivity index (χ0n) is 15.3. The molecule has 0 heterocycles. The Bertz CT molecular complexity index is 993. The van der Waals surface area contributed by atoms with Gasteiger partial charge in [-0.05, 0) is 41.8 Å². The minimum atomic E-state index is -0.908. The Labute approximate surface area is 158 Å². The molecule has 1 atom stereocenters. The van der Waals surface area contributed by atoms with E-state index in [0.717, 1.165) is 21.9 Å². The molecular formula is C22H22N2O3. The standard InChI is InChI=1S/C22H22N2O3/c1-14-10-11-19(15(2)12-14)24-22(27)21(26)23-13-20(25)18-9-5-7-16-6-3-4-8-17(16)18/h3-12,20,25H,13H2,1-2H3,(H,23,26)(H,24,27). The molecule has 5 nitrogen and oxygen atoms in total. The van der Waals surface area contributed by atoms with Crippen LogP contribution in [0.1, 0.15) is 22.8 Å². The highest BCUT2D eigenvalue weighted by molar-refractivity contribution is 6.39. The summed E-state index contributed by atoms with van der Waals surface area (Å²) in [6, 6.07) is 18.9. The number of nitrogens with one attached hydrogen (secondary N) is 2. The van der Waals surface area contributed by atoms with Crippen molar-refractivity contribution in [2.45, 2.75) is 20.0 Å². The van der Waals surface area contributed by atoms with Gasteiger partial charge in [-0.1, -0.05) is 60.2 Å². The predicted molar refractivity (Wildman–Crippen MR) is 106 cm³/mol. The van der Waals surface area contributed by atoms with Crippen LogP contribution >= 0.6 is 0 Å². The van der Waals surface area contributed by atoms with Gasteiger partial charge in [-0.25, -0.2) is 0 Å². The molecule has 0 aliphatic carbocycles. The normalized spacial score (nSPS) is 11.8. The van der Waals surface area contributed by atoms with Gasteiger partial charge < -0.3 is 15.7 Å². The Morgan fingerprint density at radius 1 is 0.963 bits per heavy atom. The fourth-order valence-corrected chi connectivity index (χ4v) is 3.05. The SMILES string of the molecule is Cc1ccc(NC(=O)C(=O)NCC(O)c2cccc3ccccc23)c(C)c1. The first-order valence-electron chi connectivity index (χ1n) is 8.78. The van der Waals surface area contributed by atoms with Gasteiger partial charge in [0, 0.05) is 12.2 Å². The molecule has 0 bridgehead atoms. The Balaban J connectivity index is 1.63. The summed E-state index contributed by atoms with van der Waals surface area (Å²) in [5.41, 5.74) is 3.26. The van der Waals surface area contributed by atoms with Gasteiger partial charge in [0.2, 0.25) is 0 Å². The second-order valence-electron chi connectivity index (χ2n) is 6.57. The summed E-state index contributed by atoms with van der Waals surface area (Å²) in [5, 5.41) is 17.5. The number of anilines is 1. The number of amides is 2. The third-order valence-electron chi connectivity index (χ3n) is 4.47. The minimum absolute atomic E-state index is 0.0485.